The van der Waals surface area contributed by atoms with Crippen LogP contribution in [0.1, 0.15) is 12.5 Å². The van der Waals surface area contributed by atoms with E-state index in [0.29, 0.717) is 5.92 Å². The molecule has 0 saturated heterocycles. The molecule has 0 radical (unpaired) electrons. The molecular weight excluding hydrogens is 329 g/mol. The summed E-state index contributed by atoms with van der Waals surface area (Å²) < 4.78 is 17.8. The van der Waals surface area contributed by atoms with E-state index in [2.05, 4.69) is 31.0 Å². The molecule has 26 heavy (non-hydrogen) atoms. The van der Waals surface area contributed by atoms with Crippen LogP contribution in [0.15, 0.2) is 55.2 Å². The van der Waals surface area contributed by atoms with E-state index >= 15 is 0 Å². The lowest BCUT2D eigenvalue weighted by atomic mass is 10.1. The van der Waals surface area contributed by atoms with E-state index in [-0.39, 0.29) is 5.82 Å². The number of benzene rings is 1. The van der Waals surface area contributed by atoms with E-state index in [4.69, 9.17) is 0 Å². The van der Waals surface area contributed by atoms with E-state index in [1.165, 1.54) is 6.07 Å². The normalized spacial score (nSPS) is 12.6. The van der Waals surface area contributed by atoms with Gasteiger partial charge < -0.3 is 9.13 Å². The van der Waals surface area contributed by atoms with Crippen LogP contribution >= 0.6 is 0 Å². The number of aromatic nitrogens is 5. The fourth-order valence-electron chi connectivity index (χ4n) is 3.30. The van der Waals surface area contributed by atoms with Crippen molar-refractivity contribution in [3.63, 3.8) is 0 Å². The summed E-state index contributed by atoms with van der Waals surface area (Å²) in [6.07, 6.45) is 7.33. The van der Waals surface area contributed by atoms with Gasteiger partial charge in [0, 0.05) is 37.2 Å². The molecule has 0 N–H and O–H groups in total. The van der Waals surface area contributed by atoms with Gasteiger partial charge in [-0.1, -0.05) is 13.0 Å². The Morgan fingerprint density at radius 2 is 1.88 bits per heavy atom. The molecule has 4 rings (SSSR count). The molecule has 1 unspecified atom stereocenters. The SMILES string of the molecule is Cc1ccc(F)cc1-c1nccn1CC(C)Cn1cnc2cccnc21. The molecule has 1 aromatic carbocycles. The van der Waals surface area contributed by atoms with Crippen molar-refractivity contribution >= 4 is 11.2 Å². The third kappa shape index (κ3) is 3.10. The van der Waals surface area contributed by atoms with Gasteiger partial charge in [0.2, 0.25) is 0 Å². The van der Waals surface area contributed by atoms with Gasteiger partial charge in [0.25, 0.3) is 0 Å². The van der Waals surface area contributed by atoms with Crippen molar-refractivity contribution in [1.82, 2.24) is 24.1 Å². The van der Waals surface area contributed by atoms with Crippen LogP contribution in [0.4, 0.5) is 4.39 Å². The van der Waals surface area contributed by atoms with Crippen LogP contribution in [0.3, 0.4) is 0 Å². The Hall–Kier alpha value is -3.02. The lowest BCUT2D eigenvalue weighted by Crippen LogP contribution is -2.14. The van der Waals surface area contributed by atoms with Crippen molar-refractivity contribution in [1.29, 1.82) is 0 Å². The molecule has 4 aromatic rings. The number of rotatable bonds is 5. The van der Waals surface area contributed by atoms with E-state index in [0.717, 1.165) is 41.2 Å². The van der Waals surface area contributed by atoms with Crippen LogP contribution < -0.4 is 0 Å². The number of imidazole rings is 2. The zero-order valence-electron chi connectivity index (χ0n) is 14.8. The Labute approximate surface area is 151 Å². The van der Waals surface area contributed by atoms with Crippen LogP contribution in [-0.4, -0.2) is 24.1 Å². The Balaban J connectivity index is 1.56. The van der Waals surface area contributed by atoms with E-state index in [1.54, 1.807) is 24.5 Å². The summed E-state index contributed by atoms with van der Waals surface area (Å²) in [6, 6.07) is 8.67. The zero-order chi connectivity index (χ0) is 18.1. The first kappa shape index (κ1) is 16.4. The third-order valence-corrected chi connectivity index (χ3v) is 4.55. The number of hydrogen-bond donors (Lipinski definition) is 0. The van der Waals surface area contributed by atoms with Crippen LogP contribution in [0.25, 0.3) is 22.6 Å². The predicted octanol–water partition coefficient (Wildman–Crippen LogP) is 4.08. The summed E-state index contributed by atoms with van der Waals surface area (Å²) in [4.78, 5) is 13.3. The summed E-state index contributed by atoms with van der Waals surface area (Å²) in [5.41, 5.74) is 3.64. The Bertz CT molecular complexity index is 1050. The first-order chi connectivity index (χ1) is 12.6. The maximum atomic E-state index is 13.7. The van der Waals surface area contributed by atoms with E-state index < -0.39 is 0 Å². The fraction of sp³-hybridized carbons (Fsp3) is 0.250. The summed E-state index contributed by atoms with van der Waals surface area (Å²) in [6.45, 7) is 5.72. The van der Waals surface area contributed by atoms with Crippen LogP contribution in [-0.2, 0) is 13.1 Å². The Morgan fingerprint density at radius 3 is 2.77 bits per heavy atom. The molecule has 0 fully saturated rings. The highest BCUT2D eigenvalue weighted by atomic mass is 19.1. The minimum Gasteiger partial charge on any atom is -0.331 e. The molecule has 0 aliphatic heterocycles. The standard InChI is InChI=1S/C20H20FN5/c1-14(12-26-13-24-18-4-3-7-22-20(18)26)11-25-9-8-23-19(25)17-10-16(21)6-5-15(17)2/h3-10,13-14H,11-12H2,1-2H3. The Morgan fingerprint density at radius 1 is 1.04 bits per heavy atom. The van der Waals surface area contributed by atoms with Gasteiger partial charge in [-0.25, -0.2) is 19.3 Å². The molecule has 132 valence electrons. The Kier molecular flexibility index (Phi) is 4.24. The van der Waals surface area contributed by atoms with Crippen LogP contribution in [0, 0.1) is 18.7 Å². The molecule has 0 amide bonds. The maximum Gasteiger partial charge on any atom is 0.159 e. The third-order valence-electron chi connectivity index (χ3n) is 4.55. The van der Waals surface area contributed by atoms with Gasteiger partial charge in [-0.15, -0.1) is 0 Å². The van der Waals surface area contributed by atoms with Gasteiger partial charge in [0.15, 0.2) is 5.65 Å². The topological polar surface area (TPSA) is 48.5 Å². The lowest BCUT2D eigenvalue weighted by Gasteiger charge is -2.16. The number of fused-ring (bicyclic) bond motifs is 1. The molecule has 6 heteroatoms. The molecule has 0 aliphatic carbocycles. The summed E-state index contributed by atoms with van der Waals surface area (Å²) in [5.74, 6) is 0.878. The number of aryl methyl sites for hydroxylation is 1. The molecule has 0 saturated carbocycles. The van der Waals surface area contributed by atoms with Gasteiger partial charge in [-0.2, -0.15) is 0 Å². The minimum absolute atomic E-state index is 0.246. The molecule has 0 bridgehead atoms. The van der Waals surface area contributed by atoms with Gasteiger partial charge in [0.05, 0.1) is 6.33 Å². The van der Waals surface area contributed by atoms with Crippen molar-refractivity contribution < 1.29 is 4.39 Å². The van der Waals surface area contributed by atoms with Gasteiger partial charge >= 0.3 is 0 Å². The van der Waals surface area contributed by atoms with Crippen LogP contribution in [0.2, 0.25) is 0 Å². The first-order valence-corrected chi connectivity index (χ1v) is 8.65. The number of nitrogens with zero attached hydrogens (tertiary/aromatic N) is 5. The minimum atomic E-state index is -0.246. The highest BCUT2D eigenvalue weighted by Gasteiger charge is 2.14. The average molecular weight is 349 g/mol. The predicted molar refractivity (Wildman–Crippen MR) is 99.1 cm³/mol. The largest absolute Gasteiger partial charge is 0.331 e. The van der Waals surface area contributed by atoms with Crippen molar-refractivity contribution in [2.45, 2.75) is 26.9 Å². The second-order valence-corrected chi connectivity index (χ2v) is 6.71. The molecule has 5 nitrogen and oxygen atoms in total. The summed E-state index contributed by atoms with van der Waals surface area (Å²) in [7, 11) is 0. The second-order valence-electron chi connectivity index (χ2n) is 6.71. The smallest absolute Gasteiger partial charge is 0.159 e. The summed E-state index contributed by atoms with van der Waals surface area (Å²) in [5, 5.41) is 0. The number of hydrogen-bond acceptors (Lipinski definition) is 3. The maximum absolute atomic E-state index is 13.7. The second kappa shape index (κ2) is 6.71. The van der Waals surface area contributed by atoms with Crippen molar-refractivity contribution in [3.8, 4) is 11.4 Å². The highest BCUT2D eigenvalue weighted by Crippen LogP contribution is 2.24. The molecule has 0 spiro atoms. The van der Waals surface area contributed by atoms with Crippen LogP contribution in [0.5, 0.6) is 0 Å². The molecule has 3 heterocycles. The monoisotopic (exact) mass is 349 g/mol. The van der Waals surface area contributed by atoms with Gasteiger partial charge in [-0.05, 0) is 42.7 Å². The van der Waals surface area contributed by atoms with Crippen molar-refractivity contribution in [2.24, 2.45) is 5.92 Å². The summed E-state index contributed by atoms with van der Waals surface area (Å²) >= 11 is 0. The zero-order valence-corrected chi connectivity index (χ0v) is 14.8. The first-order valence-electron chi connectivity index (χ1n) is 8.65. The highest BCUT2D eigenvalue weighted by molar-refractivity contribution is 5.70. The van der Waals surface area contributed by atoms with E-state index in [9.17, 15) is 4.39 Å². The number of pyridine rings is 1. The molecular formula is C20H20FN5. The molecule has 3 aromatic heterocycles. The number of halogens is 1. The van der Waals surface area contributed by atoms with E-state index in [1.807, 2.05) is 31.6 Å². The lowest BCUT2D eigenvalue weighted by molar-refractivity contribution is 0.423. The average Bonchev–Trinajstić information content (AvgIpc) is 3.24. The van der Waals surface area contributed by atoms with Gasteiger partial charge in [-0.3, -0.25) is 0 Å². The molecule has 0 aliphatic rings. The van der Waals surface area contributed by atoms with Crippen molar-refractivity contribution in [2.75, 3.05) is 0 Å². The fourth-order valence-corrected chi connectivity index (χ4v) is 3.30. The molecule has 1 atom stereocenters. The quantitative estimate of drug-likeness (QED) is 0.545. The van der Waals surface area contributed by atoms with Gasteiger partial charge in [0.1, 0.15) is 17.2 Å². The van der Waals surface area contributed by atoms with Crippen molar-refractivity contribution in [3.05, 3.63) is 66.6 Å².